The lowest BCUT2D eigenvalue weighted by Gasteiger charge is -2.21. The predicted molar refractivity (Wildman–Crippen MR) is 158 cm³/mol. The highest BCUT2D eigenvalue weighted by atomic mass is 32.2. The molecule has 0 saturated carbocycles. The van der Waals surface area contributed by atoms with Gasteiger partial charge in [0.1, 0.15) is 0 Å². The molecule has 0 radical (unpaired) electrons. The van der Waals surface area contributed by atoms with E-state index in [1.54, 1.807) is 23.5 Å². The van der Waals surface area contributed by atoms with E-state index in [2.05, 4.69) is 24.3 Å². The molecule has 0 amide bonds. The molecule has 190 valence electrons. The average molecular weight is 581 g/mol. The van der Waals surface area contributed by atoms with Crippen molar-refractivity contribution in [1.82, 2.24) is 0 Å². The quantitative estimate of drug-likeness (QED) is 0.134. The molecular weight excluding hydrogens is 561 g/mol. The fraction of sp³-hybridized carbons (Fsp3) is 0. The summed E-state index contributed by atoms with van der Waals surface area (Å²) in [4.78, 5) is 33.9. The van der Waals surface area contributed by atoms with E-state index in [-0.39, 0.29) is 0 Å². The standard InChI is InChI=1S/C32H20O3S4/c33-31-25-26(32(34)35-31)28(37-22-15-7-2-8-16-22)30(39-24-19-11-4-12-20-24)29(38-23-17-9-3-10-18-23)27(25)36-21-13-5-1-6-14-21/h1-20H. The van der Waals surface area contributed by atoms with Crippen molar-refractivity contribution in [1.29, 1.82) is 0 Å². The minimum absolute atomic E-state index is 0.336. The van der Waals surface area contributed by atoms with Gasteiger partial charge >= 0.3 is 11.9 Å². The van der Waals surface area contributed by atoms with Crippen molar-refractivity contribution in [3.05, 3.63) is 132 Å². The Balaban J connectivity index is 1.65. The van der Waals surface area contributed by atoms with Crippen LogP contribution in [0.15, 0.2) is 160 Å². The number of esters is 2. The highest BCUT2D eigenvalue weighted by Crippen LogP contribution is 2.54. The Morgan fingerprint density at radius 3 is 0.897 bits per heavy atom. The fourth-order valence-corrected chi connectivity index (χ4v) is 8.78. The monoisotopic (exact) mass is 580 g/mol. The van der Waals surface area contributed by atoms with Crippen molar-refractivity contribution in [2.45, 2.75) is 39.2 Å². The van der Waals surface area contributed by atoms with E-state index in [1.165, 1.54) is 23.5 Å². The maximum Gasteiger partial charge on any atom is 0.348 e. The lowest BCUT2D eigenvalue weighted by atomic mass is 10.1. The molecule has 0 atom stereocenters. The number of hydrogen-bond acceptors (Lipinski definition) is 7. The number of hydrogen-bond donors (Lipinski definition) is 0. The highest BCUT2D eigenvalue weighted by Gasteiger charge is 2.40. The van der Waals surface area contributed by atoms with Crippen molar-refractivity contribution in [2.75, 3.05) is 0 Å². The molecule has 39 heavy (non-hydrogen) atoms. The summed E-state index contributed by atoms with van der Waals surface area (Å²) in [7, 11) is 0. The molecule has 1 aliphatic heterocycles. The van der Waals surface area contributed by atoms with Crippen molar-refractivity contribution < 1.29 is 14.3 Å². The zero-order valence-electron chi connectivity index (χ0n) is 20.4. The minimum Gasteiger partial charge on any atom is -0.386 e. The maximum absolute atomic E-state index is 13.3. The molecule has 0 aliphatic carbocycles. The van der Waals surface area contributed by atoms with Gasteiger partial charge in [0.25, 0.3) is 0 Å². The molecule has 5 aromatic carbocycles. The topological polar surface area (TPSA) is 43.4 Å². The lowest BCUT2D eigenvalue weighted by Crippen LogP contribution is -2.03. The van der Waals surface area contributed by atoms with Gasteiger partial charge in [-0.2, -0.15) is 0 Å². The van der Waals surface area contributed by atoms with Crippen molar-refractivity contribution >= 4 is 59.0 Å². The van der Waals surface area contributed by atoms with E-state index >= 15 is 0 Å². The summed E-state index contributed by atoms with van der Waals surface area (Å²) >= 11 is 6.17. The van der Waals surface area contributed by atoms with Crippen LogP contribution in [-0.2, 0) is 4.74 Å². The number of cyclic esters (lactones) is 2. The van der Waals surface area contributed by atoms with Gasteiger partial charge in [-0.1, -0.05) is 120 Å². The van der Waals surface area contributed by atoms with Gasteiger partial charge in [-0.3, -0.25) is 0 Å². The second-order valence-corrected chi connectivity index (χ2v) is 12.7. The fourth-order valence-electron chi connectivity index (χ4n) is 4.04. The molecule has 0 saturated heterocycles. The van der Waals surface area contributed by atoms with Gasteiger partial charge in [-0.15, -0.1) is 0 Å². The molecule has 0 aromatic heterocycles. The smallest absolute Gasteiger partial charge is 0.348 e. The molecule has 5 aromatic rings. The van der Waals surface area contributed by atoms with E-state index in [0.717, 1.165) is 39.2 Å². The average Bonchev–Trinajstić information content (AvgIpc) is 3.27. The van der Waals surface area contributed by atoms with Gasteiger partial charge in [0, 0.05) is 39.2 Å². The molecule has 0 spiro atoms. The van der Waals surface area contributed by atoms with Crippen LogP contribution in [0.3, 0.4) is 0 Å². The first-order valence-electron chi connectivity index (χ1n) is 12.1. The molecular formula is C32H20O3S4. The Hall–Kier alpha value is -3.36. The molecule has 6 rings (SSSR count). The Labute approximate surface area is 243 Å². The molecule has 0 bridgehead atoms. The lowest BCUT2D eigenvalue weighted by molar-refractivity contribution is 0.0441. The third-order valence-corrected chi connectivity index (χ3v) is 10.6. The Morgan fingerprint density at radius 1 is 0.359 bits per heavy atom. The molecule has 1 heterocycles. The van der Waals surface area contributed by atoms with Gasteiger partial charge < -0.3 is 4.74 Å². The van der Waals surface area contributed by atoms with E-state index in [4.69, 9.17) is 4.74 Å². The summed E-state index contributed by atoms with van der Waals surface area (Å²) in [6, 6.07) is 40.0. The third-order valence-electron chi connectivity index (χ3n) is 5.77. The third kappa shape index (κ3) is 5.68. The first-order chi connectivity index (χ1) is 19.2. The zero-order valence-corrected chi connectivity index (χ0v) is 23.7. The second-order valence-electron chi connectivity index (χ2n) is 8.40. The van der Waals surface area contributed by atoms with Crippen LogP contribution in [0.4, 0.5) is 0 Å². The predicted octanol–water partition coefficient (Wildman–Crippen LogP) is 9.60. The summed E-state index contributed by atoms with van der Waals surface area (Å²) in [6.07, 6.45) is 0. The van der Waals surface area contributed by atoms with Crippen LogP contribution in [0.2, 0.25) is 0 Å². The van der Waals surface area contributed by atoms with Gasteiger partial charge in [-0.05, 0) is 48.5 Å². The second kappa shape index (κ2) is 11.8. The van der Waals surface area contributed by atoms with E-state index < -0.39 is 11.9 Å². The van der Waals surface area contributed by atoms with Crippen molar-refractivity contribution in [2.24, 2.45) is 0 Å². The first kappa shape index (κ1) is 25.9. The maximum atomic E-state index is 13.3. The Bertz CT molecular complexity index is 1520. The number of ether oxygens (including phenoxy) is 1. The van der Waals surface area contributed by atoms with E-state index in [0.29, 0.717) is 11.1 Å². The SMILES string of the molecule is O=C1OC(=O)c2c(Sc3ccccc3)c(Sc3ccccc3)c(Sc3ccccc3)c(Sc3ccccc3)c21. The van der Waals surface area contributed by atoms with Crippen LogP contribution in [0.1, 0.15) is 20.7 Å². The number of carbonyl (C=O) groups is 2. The first-order valence-corrected chi connectivity index (χ1v) is 15.4. The zero-order chi connectivity index (χ0) is 26.6. The van der Waals surface area contributed by atoms with Crippen LogP contribution in [0, 0.1) is 0 Å². The van der Waals surface area contributed by atoms with Crippen LogP contribution in [0.5, 0.6) is 0 Å². The summed E-state index contributed by atoms with van der Waals surface area (Å²) in [6.45, 7) is 0. The summed E-state index contributed by atoms with van der Waals surface area (Å²) in [5.74, 6) is -1.20. The number of carbonyl (C=O) groups excluding carboxylic acids is 2. The Morgan fingerprint density at radius 2 is 0.615 bits per heavy atom. The molecule has 0 fully saturated rings. The molecule has 0 N–H and O–H groups in total. The largest absolute Gasteiger partial charge is 0.386 e. The number of fused-ring (bicyclic) bond motifs is 1. The minimum atomic E-state index is -0.602. The molecule has 3 nitrogen and oxygen atoms in total. The van der Waals surface area contributed by atoms with Crippen LogP contribution < -0.4 is 0 Å². The van der Waals surface area contributed by atoms with Crippen LogP contribution >= 0.6 is 47.0 Å². The molecule has 7 heteroatoms. The molecule has 0 unspecified atom stereocenters. The van der Waals surface area contributed by atoms with Gasteiger partial charge in [0.2, 0.25) is 0 Å². The summed E-state index contributed by atoms with van der Waals surface area (Å²) in [5, 5.41) is 0. The number of rotatable bonds is 8. The van der Waals surface area contributed by atoms with Gasteiger partial charge in [0.15, 0.2) is 0 Å². The number of benzene rings is 5. The summed E-state index contributed by atoms with van der Waals surface area (Å²) in [5.41, 5.74) is 0.672. The van der Waals surface area contributed by atoms with Crippen LogP contribution in [-0.4, -0.2) is 11.9 Å². The summed E-state index contributed by atoms with van der Waals surface area (Å²) < 4.78 is 5.28. The van der Waals surface area contributed by atoms with Crippen molar-refractivity contribution in [3.8, 4) is 0 Å². The van der Waals surface area contributed by atoms with E-state index in [1.807, 2.05) is 97.1 Å². The van der Waals surface area contributed by atoms with Gasteiger partial charge in [0.05, 0.1) is 11.1 Å². The van der Waals surface area contributed by atoms with Gasteiger partial charge in [-0.25, -0.2) is 9.59 Å². The molecule has 1 aliphatic rings. The van der Waals surface area contributed by atoms with E-state index in [9.17, 15) is 9.59 Å². The highest BCUT2D eigenvalue weighted by molar-refractivity contribution is 8.05. The normalized spacial score (nSPS) is 12.3. The Kier molecular flexibility index (Phi) is 7.83. The van der Waals surface area contributed by atoms with Crippen LogP contribution in [0.25, 0.3) is 0 Å². The van der Waals surface area contributed by atoms with Crippen molar-refractivity contribution in [3.63, 3.8) is 0 Å².